The van der Waals surface area contributed by atoms with Gasteiger partial charge in [-0.3, -0.25) is 9.89 Å². The number of nitrogens with zero attached hydrogens (tertiary/aromatic N) is 2. The number of benzene rings is 1. The Morgan fingerprint density at radius 1 is 1.27 bits per heavy atom. The van der Waals surface area contributed by atoms with Gasteiger partial charge in [0.1, 0.15) is 5.75 Å². The number of hydrogen-bond acceptors (Lipinski definition) is 3. The molecule has 2 N–H and O–H groups in total. The fourth-order valence-electron chi connectivity index (χ4n) is 3.64. The highest BCUT2D eigenvalue weighted by Crippen LogP contribution is 2.35. The average Bonchev–Trinajstić information content (AvgIpc) is 2.64. The first-order valence-electron chi connectivity index (χ1n) is 9.91. The number of methoxy groups -OCH3 is 1. The molecule has 0 amide bonds. The number of rotatable bonds is 7. The Morgan fingerprint density at radius 2 is 2.00 bits per heavy atom. The summed E-state index contributed by atoms with van der Waals surface area (Å²) in [6.07, 6.45) is 2.48. The zero-order chi connectivity index (χ0) is 18.9. The quantitative estimate of drug-likeness (QED) is 0.579. The number of hydrogen-bond donors (Lipinski definition) is 2. The molecule has 0 saturated carbocycles. The summed E-state index contributed by atoms with van der Waals surface area (Å²) in [4.78, 5) is 7.18. The zero-order valence-electron chi connectivity index (χ0n) is 17.1. The van der Waals surface area contributed by atoms with E-state index in [0.29, 0.717) is 17.9 Å². The van der Waals surface area contributed by atoms with Gasteiger partial charge in [-0.2, -0.15) is 0 Å². The molecule has 1 saturated heterocycles. The van der Waals surface area contributed by atoms with E-state index in [1.807, 2.05) is 0 Å². The van der Waals surface area contributed by atoms with Gasteiger partial charge < -0.3 is 15.4 Å². The van der Waals surface area contributed by atoms with Gasteiger partial charge in [0.15, 0.2) is 5.96 Å². The molecule has 146 valence electrons. The van der Waals surface area contributed by atoms with Crippen LogP contribution in [-0.2, 0) is 0 Å². The van der Waals surface area contributed by atoms with Gasteiger partial charge in [-0.15, -0.1) is 0 Å². The summed E-state index contributed by atoms with van der Waals surface area (Å²) in [6.45, 7) is 10.3. The van der Waals surface area contributed by atoms with Crippen molar-refractivity contribution in [3.63, 3.8) is 0 Å². The van der Waals surface area contributed by atoms with Crippen molar-refractivity contribution in [1.82, 2.24) is 15.5 Å². The molecule has 1 fully saturated rings. The van der Waals surface area contributed by atoms with Crippen LogP contribution < -0.4 is 15.4 Å². The summed E-state index contributed by atoms with van der Waals surface area (Å²) in [5.41, 5.74) is 1.36. The lowest BCUT2D eigenvalue weighted by atomic mass is 9.85. The average molecular weight is 361 g/mol. The van der Waals surface area contributed by atoms with Crippen molar-refractivity contribution in [2.24, 2.45) is 16.8 Å². The van der Waals surface area contributed by atoms with Crippen LogP contribution in [0.3, 0.4) is 0 Å². The third-order valence-corrected chi connectivity index (χ3v) is 4.95. The molecule has 1 aromatic rings. The molecule has 0 aliphatic carbocycles. The molecule has 1 aliphatic rings. The zero-order valence-corrected chi connectivity index (χ0v) is 17.1. The highest BCUT2D eigenvalue weighted by atomic mass is 16.5. The predicted octanol–water partition coefficient (Wildman–Crippen LogP) is 3.29. The molecule has 2 rings (SSSR count). The van der Waals surface area contributed by atoms with Gasteiger partial charge in [0.05, 0.1) is 7.11 Å². The van der Waals surface area contributed by atoms with Crippen LogP contribution in [0, 0.1) is 11.8 Å². The summed E-state index contributed by atoms with van der Waals surface area (Å²) >= 11 is 0. The molecular weight excluding hydrogens is 324 g/mol. The second kappa shape index (κ2) is 10.4. The number of likely N-dealkylation sites (tertiary alicyclic amines) is 1. The molecule has 1 aliphatic heterocycles. The van der Waals surface area contributed by atoms with Gasteiger partial charge in [-0.1, -0.05) is 26.0 Å². The van der Waals surface area contributed by atoms with E-state index >= 15 is 0 Å². The van der Waals surface area contributed by atoms with Crippen LogP contribution in [0.4, 0.5) is 0 Å². The van der Waals surface area contributed by atoms with Crippen LogP contribution in [0.5, 0.6) is 5.75 Å². The lowest BCUT2D eigenvalue weighted by Gasteiger charge is -2.40. The van der Waals surface area contributed by atoms with Gasteiger partial charge in [0, 0.05) is 25.7 Å². The van der Waals surface area contributed by atoms with Crippen molar-refractivity contribution >= 4 is 5.96 Å². The molecule has 1 heterocycles. The first-order chi connectivity index (χ1) is 12.5. The second-order valence-corrected chi connectivity index (χ2v) is 7.60. The van der Waals surface area contributed by atoms with E-state index in [2.05, 4.69) is 67.6 Å². The first kappa shape index (κ1) is 20.6. The largest absolute Gasteiger partial charge is 0.497 e. The molecule has 0 bridgehead atoms. The maximum atomic E-state index is 5.31. The maximum Gasteiger partial charge on any atom is 0.191 e. The highest BCUT2D eigenvalue weighted by molar-refractivity contribution is 5.79. The van der Waals surface area contributed by atoms with Crippen molar-refractivity contribution in [2.45, 2.75) is 39.7 Å². The Bertz CT molecular complexity index is 556. The SMILES string of the molecule is CCNC(=NCC(C)C)NCC1CCCN(C)C1c1ccc(OC)cc1. The smallest absolute Gasteiger partial charge is 0.191 e. The van der Waals surface area contributed by atoms with E-state index in [9.17, 15) is 0 Å². The standard InChI is InChI=1S/C21H36N4O/c1-6-22-21(23-14-16(2)3)24-15-18-8-7-13-25(4)20(18)17-9-11-19(26-5)12-10-17/h9-12,16,18,20H,6-8,13-15H2,1-5H3,(H2,22,23,24). The summed E-state index contributed by atoms with van der Waals surface area (Å²) in [7, 11) is 3.95. The molecule has 5 nitrogen and oxygen atoms in total. The third-order valence-electron chi connectivity index (χ3n) is 4.95. The summed E-state index contributed by atoms with van der Waals surface area (Å²) in [6, 6.07) is 8.97. The molecule has 2 atom stereocenters. The lowest BCUT2D eigenvalue weighted by Crippen LogP contribution is -2.45. The molecule has 5 heteroatoms. The Hall–Kier alpha value is -1.75. The van der Waals surface area contributed by atoms with Crippen LogP contribution >= 0.6 is 0 Å². The van der Waals surface area contributed by atoms with E-state index in [1.54, 1.807) is 7.11 Å². The molecular formula is C21H36N4O. The minimum Gasteiger partial charge on any atom is -0.497 e. The predicted molar refractivity (Wildman–Crippen MR) is 110 cm³/mol. The van der Waals surface area contributed by atoms with Crippen LogP contribution in [0.1, 0.15) is 45.2 Å². The van der Waals surface area contributed by atoms with Crippen LogP contribution in [-0.4, -0.2) is 51.2 Å². The topological polar surface area (TPSA) is 48.9 Å². The van der Waals surface area contributed by atoms with E-state index < -0.39 is 0 Å². The molecule has 0 radical (unpaired) electrons. The van der Waals surface area contributed by atoms with Gasteiger partial charge in [-0.25, -0.2) is 0 Å². The fraction of sp³-hybridized carbons (Fsp3) is 0.667. The number of nitrogens with one attached hydrogen (secondary N) is 2. The van der Waals surface area contributed by atoms with E-state index in [-0.39, 0.29) is 0 Å². The number of ether oxygens (including phenoxy) is 1. The summed E-state index contributed by atoms with van der Waals surface area (Å²) in [5.74, 6) is 2.98. The van der Waals surface area contributed by atoms with E-state index in [0.717, 1.165) is 37.9 Å². The molecule has 2 unspecified atom stereocenters. The minimum absolute atomic E-state index is 0.426. The number of guanidine groups is 1. The van der Waals surface area contributed by atoms with Gasteiger partial charge >= 0.3 is 0 Å². The second-order valence-electron chi connectivity index (χ2n) is 7.60. The van der Waals surface area contributed by atoms with Crippen molar-refractivity contribution in [3.05, 3.63) is 29.8 Å². The Kier molecular flexibility index (Phi) is 8.23. The number of piperidine rings is 1. The monoisotopic (exact) mass is 360 g/mol. The Balaban J connectivity index is 2.07. The number of aliphatic imine (C=N–C) groups is 1. The molecule has 0 spiro atoms. The maximum absolute atomic E-state index is 5.31. The van der Waals surface area contributed by atoms with Gasteiger partial charge in [0.2, 0.25) is 0 Å². The van der Waals surface area contributed by atoms with Crippen LogP contribution in [0.15, 0.2) is 29.3 Å². The van der Waals surface area contributed by atoms with Crippen molar-refractivity contribution < 1.29 is 4.74 Å². The van der Waals surface area contributed by atoms with E-state index in [1.165, 1.54) is 18.4 Å². The Labute approximate surface area is 159 Å². The van der Waals surface area contributed by atoms with Crippen molar-refractivity contribution in [1.29, 1.82) is 0 Å². The summed E-state index contributed by atoms with van der Waals surface area (Å²) < 4.78 is 5.31. The molecule has 26 heavy (non-hydrogen) atoms. The van der Waals surface area contributed by atoms with Crippen molar-refractivity contribution in [3.8, 4) is 5.75 Å². The van der Waals surface area contributed by atoms with Crippen molar-refractivity contribution in [2.75, 3.05) is 40.3 Å². The van der Waals surface area contributed by atoms with Crippen LogP contribution in [0.2, 0.25) is 0 Å². The highest BCUT2D eigenvalue weighted by Gasteiger charge is 2.30. The Morgan fingerprint density at radius 3 is 2.62 bits per heavy atom. The fourth-order valence-corrected chi connectivity index (χ4v) is 3.64. The van der Waals surface area contributed by atoms with E-state index in [4.69, 9.17) is 9.73 Å². The van der Waals surface area contributed by atoms with Crippen LogP contribution in [0.25, 0.3) is 0 Å². The first-order valence-corrected chi connectivity index (χ1v) is 9.91. The van der Waals surface area contributed by atoms with Gasteiger partial charge in [-0.05, 0) is 62.9 Å². The molecule has 1 aromatic carbocycles. The third kappa shape index (κ3) is 5.90. The molecule has 0 aromatic heterocycles. The normalized spacial score (nSPS) is 21.7. The van der Waals surface area contributed by atoms with Gasteiger partial charge in [0.25, 0.3) is 0 Å². The minimum atomic E-state index is 0.426. The lowest BCUT2D eigenvalue weighted by molar-refractivity contribution is 0.122. The summed E-state index contributed by atoms with van der Waals surface area (Å²) in [5, 5.41) is 6.94.